The molecule has 1 aliphatic rings. The Balaban J connectivity index is 1.29. The minimum absolute atomic E-state index is 0.0258. The molecule has 35 heavy (non-hydrogen) atoms. The molecule has 0 aromatic heterocycles. The van der Waals surface area contributed by atoms with Crippen LogP contribution in [0.2, 0.25) is 0 Å². The van der Waals surface area contributed by atoms with Crippen LogP contribution >= 0.6 is 15.9 Å². The number of rotatable bonds is 7. The van der Waals surface area contributed by atoms with E-state index in [1.165, 1.54) is 18.2 Å². The summed E-state index contributed by atoms with van der Waals surface area (Å²) in [5, 5.41) is 14.4. The summed E-state index contributed by atoms with van der Waals surface area (Å²) in [4.78, 5) is 35.7. The summed E-state index contributed by atoms with van der Waals surface area (Å²) in [6, 6.07) is 20.5. The topological polar surface area (TPSA) is 105 Å². The predicted octanol–water partition coefficient (Wildman–Crippen LogP) is 5.57. The van der Waals surface area contributed by atoms with Crippen LogP contribution in [0.3, 0.4) is 0 Å². The Morgan fingerprint density at radius 1 is 1.00 bits per heavy atom. The van der Waals surface area contributed by atoms with Crippen molar-refractivity contribution >= 4 is 39.6 Å². The molecule has 1 aliphatic carbocycles. The van der Waals surface area contributed by atoms with Gasteiger partial charge in [-0.25, -0.2) is 9.59 Å². The first-order valence-electron chi connectivity index (χ1n) is 10.9. The number of amides is 2. The van der Waals surface area contributed by atoms with E-state index in [1.807, 2.05) is 24.3 Å². The first-order chi connectivity index (χ1) is 16.8. The van der Waals surface area contributed by atoms with Gasteiger partial charge in [0.15, 0.2) is 0 Å². The number of halogens is 1. The Hall–Kier alpha value is -3.91. The van der Waals surface area contributed by atoms with Gasteiger partial charge in [-0.15, -0.1) is 0 Å². The second-order valence-corrected chi connectivity index (χ2v) is 8.90. The molecule has 3 N–H and O–H groups in total. The highest BCUT2D eigenvalue weighted by Crippen LogP contribution is 2.44. The van der Waals surface area contributed by atoms with Crippen molar-refractivity contribution in [1.82, 2.24) is 5.32 Å². The van der Waals surface area contributed by atoms with E-state index in [4.69, 9.17) is 9.84 Å². The molecule has 0 saturated carbocycles. The minimum atomic E-state index is -1.06. The van der Waals surface area contributed by atoms with E-state index in [-0.39, 0.29) is 30.5 Å². The summed E-state index contributed by atoms with van der Waals surface area (Å²) in [7, 11) is 0. The van der Waals surface area contributed by atoms with Gasteiger partial charge in [0.1, 0.15) is 6.61 Å². The first-order valence-corrected chi connectivity index (χ1v) is 11.7. The van der Waals surface area contributed by atoms with Crippen molar-refractivity contribution in [3.63, 3.8) is 0 Å². The molecule has 0 fully saturated rings. The van der Waals surface area contributed by atoms with Gasteiger partial charge in [-0.2, -0.15) is 0 Å². The molecule has 8 heteroatoms. The number of carbonyl (C=O) groups excluding carboxylic acids is 2. The van der Waals surface area contributed by atoms with Gasteiger partial charge in [-0.05, 0) is 63.3 Å². The number of benzene rings is 3. The third-order valence-corrected chi connectivity index (χ3v) is 6.48. The highest BCUT2D eigenvalue weighted by Gasteiger charge is 2.28. The molecule has 0 bridgehead atoms. The zero-order chi connectivity index (χ0) is 24.9. The molecule has 0 unspecified atom stereocenters. The molecule has 0 saturated heterocycles. The van der Waals surface area contributed by atoms with E-state index in [0.29, 0.717) is 15.7 Å². The molecule has 178 valence electrons. The first kappa shape index (κ1) is 24.2. The van der Waals surface area contributed by atoms with Gasteiger partial charge in [0.2, 0.25) is 0 Å². The van der Waals surface area contributed by atoms with Crippen LogP contribution in [0.4, 0.5) is 10.5 Å². The second kappa shape index (κ2) is 10.6. The Labute approximate surface area is 210 Å². The lowest BCUT2D eigenvalue weighted by atomic mass is 9.98. The second-order valence-electron chi connectivity index (χ2n) is 8.05. The van der Waals surface area contributed by atoms with Crippen molar-refractivity contribution in [2.24, 2.45) is 0 Å². The van der Waals surface area contributed by atoms with E-state index in [9.17, 15) is 14.4 Å². The van der Waals surface area contributed by atoms with E-state index in [0.717, 1.165) is 22.3 Å². The number of fused-ring (bicyclic) bond motifs is 3. The Morgan fingerprint density at radius 2 is 1.63 bits per heavy atom. The van der Waals surface area contributed by atoms with Crippen molar-refractivity contribution < 1.29 is 24.2 Å². The fourth-order valence-electron chi connectivity index (χ4n) is 4.00. The monoisotopic (exact) mass is 534 g/mol. The molecule has 2 amide bonds. The molecule has 0 atom stereocenters. The average molecular weight is 535 g/mol. The molecule has 3 aromatic carbocycles. The fraction of sp³-hybridized carbons (Fsp3) is 0.148. The number of carbonyl (C=O) groups is 3. The fourth-order valence-corrected chi connectivity index (χ4v) is 4.48. The number of nitrogens with one attached hydrogen (secondary N) is 2. The molecule has 3 aromatic rings. The number of ether oxygens (including phenoxy) is 1. The Kier molecular flexibility index (Phi) is 7.31. The number of hydrogen-bond donors (Lipinski definition) is 3. The van der Waals surface area contributed by atoms with Crippen molar-refractivity contribution in [3.05, 3.63) is 99.5 Å². The van der Waals surface area contributed by atoms with Gasteiger partial charge in [-0.1, -0.05) is 54.6 Å². The third kappa shape index (κ3) is 5.44. The van der Waals surface area contributed by atoms with Crippen LogP contribution in [0.1, 0.15) is 34.3 Å². The van der Waals surface area contributed by atoms with Crippen molar-refractivity contribution in [1.29, 1.82) is 0 Å². The van der Waals surface area contributed by atoms with E-state index < -0.39 is 12.1 Å². The van der Waals surface area contributed by atoms with Crippen LogP contribution < -0.4 is 10.6 Å². The number of aromatic carboxylic acids is 1. The quantitative estimate of drug-likeness (QED) is 0.343. The molecule has 7 nitrogen and oxygen atoms in total. The zero-order valence-electron chi connectivity index (χ0n) is 18.9. The predicted molar refractivity (Wildman–Crippen MR) is 137 cm³/mol. The maximum absolute atomic E-state index is 12.4. The van der Waals surface area contributed by atoms with Crippen molar-refractivity contribution in [3.8, 4) is 11.1 Å². The number of hydrogen-bond acceptors (Lipinski definition) is 4. The van der Waals surface area contributed by atoms with Crippen LogP contribution in [0, 0.1) is 0 Å². The van der Waals surface area contributed by atoms with Gasteiger partial charge in [0.05, 0.1) is 11.3 Å². The number of carboxylic acids is 1. The molecule has 0 spiro atoms. The van der Waals surface area contributed by atoms with Crippen LogP contribution in [0.5, 0.6) is 0 Å². The van der Waals surface area contributed by atoms with E-state index >= 15 is 0 Å². The molecule has 0 radical (unpaired) electrons. The summed E-state index contributed by atoms with van der Waals surface area (Å²) in [6.45, 7) is 1.95. The SMILES string of the molecule is C/C(=C\CNC(=O)OCC1c2ccccc2-c2ccccc21)C(=O)Nc1ccc(C(=O)O)cc1Br. The molecular weight excluding hydrogens is 512 g/mol. The number of carboxylic acid groups (broad SMARTS) is 1. The van der Waals surface area contributed by atoms with Gasteiger partial charge >= 0.3 is 12.1 Å². The van der Waals surface area contributed by atoms with Crippen molar-refractivity contribution in [2.45, 2.75) is 12.8 Å². The van der Waals surface area contributed by atoms with E-state index in [2.05, 4.69) is 50.8 Å². The third-order valence-electron chi connectivity index (χ3n) is 5.82. The van der Waals surface area contributed by atoms with Gasteiger partial charge in [0, 0.05) is 22.5 Å². The van der Waals surface area contributed by atoms with Crippen LogP contribution in [0.15, 0.2) is 82.9 Å². The average Bonchev–Trinajstić information content (AvgIpc) is 3.17. The maximum Gasteiger partial charge on any atom is 0.407 e. The standard InChI is InChI=1S/C27H23BrN2O5/c1-16(25(31)30-24-11-10-17(26(32)33)14-23(24)28)12-13-29-27(34)35-15-22-20-8-4-2-6-18(20)19-7-3-5-9-21(19)22/h2-12,14,22H,13,15H2,1H3,(H,29,34)(H,30,31)(H,32,33)/b16-12+. The lowest BCUT2D eigenvalue weighted by Gasteiger charge is -2.14. The highest BCUT2D eigenvalue weighted by molar-refractivity contribution is 9.10. The lowest BCUT2D eigenvalue weighted by Crippen LogP contribution is -2.26. The molecule has 4 rings (SSSR count). The summed E-state index contributed by atoms with van der Waals surface area (Å²) < 4.78 is 5.94. The summed E-state index contributed by atoms with van der Waals surface area (Å²) >= 11 is 3.26. The highest BCUT2D eigenvalue weighted by atomic mass is 79.9. The zero-order valence-corrected chi connectivity index (χ0v) is 20.5. The van der Waals surface area contributed by atoms with Gasteiger partial charge in [-0.3, -0.25) is 4.79 Å². The summed E-state index contributed by atoms with van der Waals surface area (Å²) in [5.41, 5.74) is 5.52. The Morgan fingerprint density at radius 3 is 2.23 bits per heavy atom. The van der Waals surface area contributed by atoms with Crippen LogP contribution in [-0.4, -0.2) is 36.2 Å². The van der Waals surface area contributed by atoms with Crippen molar-refractivity contribution in [2.75, 3.05) is 18.5 Å². The number of anilines is 1. The Bertz CT molecular complexity index is 1290. The largest absolute Gasteiger partial charge is 0.478 e. The maximum atomic E-state index is 12.4. The molecule has 0 aliphatic heterocycles. The molecular formula is C27H23BrN2O5. The van der Waals surface area contributed by atoms with Gasteiger partial charge < -0.3 is 20.5 Å². The van der Waals surface area contributed by atoms with Gasteiger partial charge in [0.25, 0.3) is 5.91 Å². The van der Waals surface area contributed by atoms with E-state index in [1.54, 1.807) is 13.0 Å². The lowest BCUT2D eigenvalue weighted by molar-refractivity contribution is -0.112. The van der Waals surface area contributed by atoms with Crippen LogP contribution in [0.25, 0.3) is 11.1 Å². The summed E-state index contributed by atoms with van der Waals surface area (Å²) in [6.07, 6.45) is 1.01. The smallest absolute Gasteiger partial charge is 0.407 e. The molecule has 0 heterocycles. The minimum Gasteiger partial charge on any atom is -0.478 e. The van der Waals surface area contributed by atoms with Crippen LogP contribution in [-0.2, 0) is 9.53 Å². The number of alkyl carbamates (subject to hydrolysis) is 1. The summed E-state index contributed by atoms with van der Waals surface area (Å²) in [5.74, 6) is -1.45. The normalized spacial score (nSPS) is 12.5.